The summed E-state index contributed by atoms with van der Waals surface area (Å²) in [6.45, 7) is 6.38. The van der Waals surface area contributed by atoms with E-state index in [1.54, 1.807) is 7.05 Å². The number of halogens is 1. The molecule has 1 heterocycles. The van der Waals surface area contributed by atoms with Gasteiger partial charge in [-0.3, -0.25) is 9.67 Å². The lowest BCUT2D eigenvalue weighted by Gasteiger charge is -2.16. The van der Waals surface area contributed by atoms with Crippen LogP contribution in [-0.4, -0.2) is 41.3 Å². The van der Waals surface area contributed by atoms with Gasteiger partial charge < -0.3 is 15.5 Å². The molecule has 0 aliphatic heterocycles. The second-order valence-electron chi connectivity index (χ2n) is 7.40. The number of aromatic nitrogens is 2. The average Bonchev–Trinajstić information content (AvgIpc) is 3.28. The fourth-order valence-electron chi connectivity index (χ4n) is 3.30. The Labute approximate surface area is 202 Å². The average molecular weight is 532 g/mol. The minimum atomic E-state index is 0. The summed E-state index contributed by atoms with van der Waals surface area (Å²) in [4.78, 5) is 6.68. The van der Waals surface area contributed by atoms with Gasteiger partial charge in [0.25, 0.3) is 0 Å². The second kappa shape index (κ2) is 13.1. The maximum absolute atomic E-state index is 4.38. The topological polar surface area (TPSA) is 57.5 Å². The summed E-state index contributed by atoms with van der Waals surface area (Å²) < 4.78 is 1.94. The number of rotatable bonds is 9. The smallest absolute Gasteiger partial charge is 0.191 e. The highest BCUT2D eigenvalue weighted by atomic mass is 127. The number of guanidine groups is 1. The second-order valence-corrected chi connectivity index (χ2v) is 7.40. The maximum atomic E-state index is 4.38. The Morgan fingerprint density at radius 3 is 2.45 bits per heavy atom. The first-order valence-corrected chi connectivity index (χ1v) is 10.4. The van der Waals surface area contributed by atoms with E-state index in [4.69, 9.17) is 0 Å². The predicted molar refractivity (Wildman–Crippen MR) is 139 cm³/mol. The Balaban J connectivity index is 0.00000341. The molecule has 0 aliphatic carbocycles. The normalized spacial score (nSPS) is 11.3. The molecule has 0 spiro atoms. The Morgan fingerprint density at radius 2 is 1.74 bits per heavy atom. The Morgan fingerprint density at radius 1 is 1.00 bits per heavy atom. The first kappa shape index (κ1) is 24.9. The standard InChI is InChI=1S/C24H32N6.HI/c1-4-29(3)18-21-10-7-9-20(15-21)16-26-24(25-2)27-17-22-11-5-6-12-23(22)19-30-14-8-13-28-30;/h5-15H,4,16-19H2,1-3H3,(H2,25,26,27);1H. The third-order valence-electron chi connectivity index (χ3n) is 5.12. The van der Waals surface area contributed by atoms with Gasteiger partial charge in [-0.2, -0.15) is 5.10 Å². The molecule has 0 unspecified atom stereocenters. The van der Waals surface area contributed by atoms with Crippen LogP contribution in [0.1, 0.15) is 29.2 Å². The van der Waals surface area contributed by atoms with Crippen LogP contribution >= 0.6 is 24.0 Å². The largest absolute Gasteiger partial charge is 0.352 e. The summed E-state index contributed by atoms with van der Waals surface area (Å²) in [7, 11) is 3.94. The number of nitrogens with zero attached hydrogens (tertiary/aromatic N) is 4. The van der Waals surface area contributed by atoms with Crippen LogP contribution < -0.4 is 10.6 Å². The van der Waals surface area contributed by atoms with Gasteiger partial charge in [-0.15, -0.1) is 24.0 Å². The van der Waals surface area contributed by atoms with Gasteiger partial charge >= 0.3 is 0 Å². The molecule has 0 radical (unpaired) electrons. The van der Waals surface area contributed by atoms with E-state index in [1.165, 1.54) is 22.3 Å². The van der Waals surface area contributed by atoms with Crippen LogP contribution in [0.25, 0.3) is 0 Å². The van der Waals surface area contributed by atoms with E-state index in [0.29, 0.717) is 6.54 Å². The first-order valence-electron chi connectivity index (χ1n) is 10.4. The van der Waals surface area contributed by atoms with Crippen molar-refractivity contribution in [2.75, 3.05) is 20.6 Å². The minimum absolute atomic E-state index is 0. The van der Waals surface area contributed by atoms with Crippen molar-refractivity contribution in [3.05, 3.63) is 89.2 Å². The lowest BCUT2D eigenvalue weighted by molar-refractivity contribution is 0.345. The van der Waals surface area contributed by atoms with Crippen LogP contribution in [0.4, 0.5) is 0 Å². The molecule has 7 heteroatoms. The zero-order chi connectivity index (χ0) is 21.2. The Kier molecular flexibility index (Phi) is 10.5. The third-order valence-corrected chi connectivity index (χ3v) is 5.12. The Bertz CT molecular complexity index is 939. The van der Waals surface area contributed by atoms with Gasteiger partial charge in [0.1, 0.15) is 0 Å². The van der Waals surface area contributed by atoms with Crippen molar-refractivity contribution in [1.82, 2.24) is 25.3 Å². The Hall–Kier alpha value is -2.39. The summed E-state index contributed by atoms with van der Waals surface area (Å²) in [6.07, 6.45) is 3.79. The molecule has 0 saturated carbocycles. The number of hydrogen-bond donors (Lipinski definition) is 2. The monoisotopic (exact) mass is 532 g/mol. The number of aliphatic imine (C=N–C) groups is 1. The molecule has 2 N–H and O–H groups in total. The third kappa shape index (κ3) is 7.99. The van der Waals surface area contributed by atoms with Crippen molar-refractivity contribution in [2.24, 2.45) is 4.99 Å². The fraction of sp³-hybridized carbons (Fsp3) is 0.333. The zero-order valence-electron chi connectivity index (χ0n) is 18.6. The summed E-state index contributed by atoms with van der Waals surface area (Å²) in [6, 6.07) is 19.1. The van der Waals surface area contributed by atoms with Crippen LogP contribution in [0.3, 0.4) is 0 Å². The fourth-order valence-corrected chi connectivity index (χ4v) is 3.30. The number of nitrogens with one attached hydrogen (secondary N) is 2. The molecule has 0 atom stereocenters. The van der Waals surface area contributed by atoms with Crippen molar-refractivity contribution >= 4 is 29.9 Å². The highest BCUT2D eigenvalue weighted by molar-refractivity contribution is 14.0. The van der Waals surface area contributed by atoms with E-state index in [9.17, 15) is 0 Å². The van der Waals surface area contributed by atoms with E-state index in [1.807, 2.05) is 23.1 Å². The van der Waals surface area contributed by atoms with Gasteiger partial charge in [0.05, 0.1) is 6.54 Å². The highest BCUT2D eigenvalue weighted by Crippen LogP contribution is 2.11. The molecule has 0 bridgehead atoms. The predicted octanol–water partition coefficient (Wildman–Crippen LogP) is 3.87. The van der Waals surface area contributed by atoms with Gasteiger partial charge in [0.15, 0.2) is 5.96 Å². The molecule has 3 rings (SSSR count). The summed E-state index contributed by atoms with van der Waals surface area (Å²) in [5, 5.41) is 11.2. The highest BCUT2D eigenvalue weighted by Gasteiger charge is 2.05. The van der Waals surface area contributed by atoms with Gasteiger partial charge in [-0.05, 0) is 41.9 Å². The molecule has 0 amide bonds. The molecule has 6 nitrogen and oxygen atoms in total. The summed E-state index contributed by atoms with van der Waals surface area (Å²) >= 11 is 0. The van der Waals surface area contributed by atoms with E-state index < -0.39 is 0 Å². The molecular weight excluding hydrogens is 499 g/mol. The lowest BCUT2D eigenvalue weighted by atomic mass is 10.1. The van der Waals surface area contributed by atoms with Crippen LogP contribution in [0.5, 0.6) is 0 Å². The van der Waals surface area contributed by atoms with E-state index in [-0.39, 0.29) is 24.0 Å². The van der Waals surface area contributed by atoms with Crippen LogP contribution in [0.15, 0.2) is 72.0 Å². The van der Waals surface area contributed by atoms with Crippen molar-refractivity contribution in [2.45, 2.75) is 33.1 Å². The summed E-state index contributed by atoms with van der Waals surface area (Å²) in [5.74, 6) is 0.792. The zero-order valence-corrected chi connectivity index (χ0v) is 20.9. The van der Waals surface area contributed by atoms with Crippen LogP contribution in [0, 0.1) is 0 Å². The van der Waals surface area contributed by atoms with Crippen molar-refractivity contribution in [3.63, 3.8) is 0 Å². The molecule has 0 fully saturated rings. The van der Waals surface area contributed by atoms with Gasteiger partial charge in [0, 0.05) is 39.1 Å². The van der Waals surface area contributed by atoms with Crippen molar-refractivity contribution < 1.29 is 0 Å². The molecule has 31 heavy (non-hydrogen) atoms. The lowest BCUT2D eigenvalue weighted by Crippen LogP contribution is -2.36. The van der Waals surface area contributed by atoms with Crippen molar-refractivity contribution in [1.29, 1.82) is 0 Å². The molecule has 3 aromatic rings. The van der Waals surface area contributed by atoms with Crippen molar-refractivity contribution in [3.8, 4) is 0 Å². The SMILES string of the molecule is CCN(C)Cc1cccc(CNC(=NC)NCc2ccccc2Cn2cccn2)c1.I. The molecule has 0 aliphatic rings. The molecule has 166 valence electrons. The van der Waals surface area contributed by atoms with Crippen LogP contribution in [0.2, 0.25) is 0 Å². The van der Waals surface area contributed by atoms with Gasteiger partial charge in [-0.25, -0.2) is 0 Å². The number of benzene rings is 2. The number of hydrogen-bond acceptors (Lipinski definition) is 3. The summed E-state index contributed by atoms with van der Waals surface area (Å²) in [5.41, 5.74) is 5.06. The first-order chi connectivity index (χ1) is 14.7. The van der Waals surface area contributed by atoms with E-state index in [2.05, 4.69) is 88.1 Å². The van der Waals surface area contributed by atoms with E-state index >= 15 is 0 Å². The van der Waals surface area contributed by atoms with Crippen LogP contribution in [-0.2, 0) is 26.2 Å². The molecular formula is C24H33IN6. The molecule has 1 aromatic heterocycles. The quantitative estimate of drug-likeness (QED) is 0.250. The van der Waals surface area contributed by atoms with E-state index in [0.717, 1.165) is 32.1 Å². The molecule has 0 saturated heterocycles. The van der Waals surface area contributed by atoms with Gasteiger partial charge in [0.2, 0.25) is 0 Å². The van der Waals surface area contributed by atoms with Gasteiger partial charge in [-0.1, -0.05) is 55.5 Å². The minimum Gasteiger partial charge on any atom is -0.352 e. The maximum Gasteiger partial charge on any atom is 0.191 e. The molecule has 2 aromatic carbocycles.